The first-order valence-corrected chi connectivity index (χ1v) is 30.2. The Labute approximate surface area is 427 Å². The third kappa shape index (κ3) is 60.5. The zero-order chi connectivity index (χ0) is 50.8. The molecule has 412 valence electrons. The van der Waals surface area contributed by atoms with E-state index >= 15 is 0 Å². The van der Waals surface area contributed by atoms with E-state index in [0.717, 1.165) is 44.9 Å². The lowest BCUT2D eigenvalue weighted by molar-refractivity contribution is -0.161. The molecular weight excluding hydrogens is 865 g/mol. The van der Waals surface area contributed by atoms with Gasteiger partial charge < -0.3 is 29.5 Å². The summed E-state index contributed by atoms with van der Waals surface area (Å²) in [7, 11) is 0. The minimum atomic E-state index is -0.954. The van der Waals surface area contributed by atoms with Crippen LogP contribution in [0.4, 0.5) is 0 Å². The largest absolute Gasteiger partial charge is 0.463 e. The maximum Gasteiger partial charge on any atom is 0.306 e. The summed E-state index contributed by atoms with van der Waals surface area (Å²) in [5, 5.41) is 27.2. The standard InChI is InChI=1S/C39H76O5.C21H42O4/c1-3-5-7-9-11-13-15-17-19-21-23-25-27-29-31-33-38(41)43-36-37(35-40)44-39(42)34-32-30-28-26-24-22-20-18-16-14-12-10-8-6-4-2;1-2-3-4-5-6-7-8-9-10-11-12-13-14-15-16-17-21(24)25-19-20(23)18-22/h37,40H,3-36H2,1-2H3;20,22-23H,2-19H2,1H3. The van der Waals surface area contributed by atoms with E-state index < -0.39 is 12.2 Å². The van der Waals surface area contributed by atoms with Crippen LogP contribution in [0.5, 0.6) is 0 Å². The van der Waals surface area contributed by atoms with E-state index in [1.54, 1.807) is 0 Å². The smallest absolute Gasteiger partial charge is 0.306 e. The van der Waals surface area contributed by atoms with Gasteiger partial charge in [-0.3, -0.25) is 14.4 Å². The number of carbonyl (C=O) groups is 3. The van der Waals surface area contributed by atoms with Crippen molar-refractivity contribution in [2.75, 3.05) is 26.4 Å². The number of hydrogen-bond acceptors (Lipinski definition) is 9. The Hall–Kier alpha value is -1.71. The molecule has 0 aromatic heterocycles. The van der Waals surface area contributed by atoms with Crippen molar-refractivity contribution < 1.29 is 43.9 Å². The number of hydrogen-bond donors (Lipinski definition) is 3. The van der Waals surface area contributed by atoms with Crippen molar-refractivity contribution in [3.63, 3.8) is 0 Å². The number of esters is 3. The molecule has 0 saturated carbocycles. The number of aliphatic hydroxyl groups excluding tert-OH is 3. The van der Waals surface area contributed by atoms with E-state index in [1.165, 1.54) is 244 Å². The van der Waals surface area contributed by atoms with Crippen molar-refractivity contribution in [2.45, 2.75) is 341 Å². The molecule has 0 aliphatic carbocycles. The van der Waals surface area contributed by atoms with E-state index in [9.17, 15) is 19.5 Å². The predicted octanol–water partition coefficient (Wildman–Crippen LogP) is 17.1. The molecule has 2 unspecified atom stereocenters. The Bertz CT molecular complexity index is 1020. The van der Waals surface area contributed by atoms with Gasteiger partial charge in [-0.05, 0) is 19.3 Å². The average molecular weight is 984 g/mol. The van der Waals surface area contributed by atoms with Gasteiger partial charge in [0.1, 0.15) is 19.3 Å². The fourth-order valence-corrected chi connectivity index (χ4v) is 8.86. The Morgan fingerprint density at radius 3 is 0.754 bits per heavy atom. The van der Waals surface area contributed by atoms with Crippen molar-refractivity contribution in [2.24, 2.45) is 0 Å². The summed E-state index contributed by atoms with van der Waals surface area (Å²) in [5.74, 6) is -0.851. The zero-order valence-electron chi connectivity index (χ0n) is 46.2. The number of carbonyl (C=O) groups excluding carboxylic acids is 3. The van der Waals surface area contributed by atoms with Crippen LogP contribution in [-0.4, -0.2) is 71.9 Å². The monoisotopic (exact) mass is 983 g/mol. The average Bonchev–Trinajstić information content (AvgIpc) is 3.35. The molecule has 9 nitrogen and oxygen atoms in total. The SMILES string of the molecule is CCCCCCCCCCCCCCCCCC(=O)OCC(CO)OC(=O)CCCCCCCCCCCCCCCCC.CCCCCCCCCCCCCCCCCC(=O)OCC(O)CO. The predicted molar refractivity (Wildman–Crippen MR) is 291 cm³/mol. The highest BCUT2D eigenvalue weighted by atomic mass is 16.6. The van der Waals surface area contributed by atoms with Crippen molar-refractivity contribution in [3.05, 3.63) is 0 Å². The number of aliphatic hydroxyl groups is 3. The molecule has 0 aromatic rings. The first kappa shape index (κ1) is 69.4. The summed E-state index contributed by atoms with van der Waals surface area (Å²) in [4.78, 5) is 35.6. The molecule has 0 aliphatic rings. The second-order valence-electron chi connectivity index (χ2n) is 20.6. The molecule has 0 rings (SSSR count). The zero-order valence-corrected chi connectivity index (χ0v) is 46.2. The van der Waals surface area contributed by atoms with Gasteiger partial charge in [0.15, 0.2) is 6.10 Å². The summed E-state index contributed by atoms with van der Waals surface area (Å²) in [6, 6.07) is 0. The molecule has 0 bridgehead atoms. The summed E-state index contributed by atoms with van der Waals surface area (Å²) in [6.45, 7) is 5.95. The fourth-order valence-electron chi connectivity index (χ4n) is 8.86. The minimum absolute atomic E-state index is 0.0569. The molecular formula is C60H118O9. The lowest BCUT2D eigenvalue weighted by atomic mass is 10.0. The molecule has 3 N–H and O–H groups in total. The fraction of sp³-hybridized carbons (Fsp3) is 0.950. The summed E-state index contributed by atoms with van der Waals surface area (Å²) in [6.07, 6.45) is 57.8. The number of ether oxygens (including phenoxy) is 3. The van der Waals surface area contributed by atoms with Crippen LogP contribution in [0.2, 0.25) is 0 Å². The lowest BCUT2D eigenvalue weighted by Crippen LogP contribution is -2.28. The molecule has 9 heteroatoms. The van der Waals surface area contributed by atoms with Crippen LogP contribution in [0, 0.1) is 0 Å². The van der Waals surface area contributed by atoms with E-state index in [4.69, 9.17) is 24.4 Å². The van der Waals surface area contributed by atoms with Crippen LogP contribution in [-0.2, 0) is 28.6 Å². The molecule has 0 aromatic carbocycles. The van der Waals surface area contributed by atoms with Gasteiger partial charge in [-0.25, -0.2) is 0 Å². The maximum absolute atomic E-state index is 12.1. The molecule has 69 heavy (non-hydrogen) atoms. The topological polar surface area (TPSA) is 140 Å². The molecule has 0 saturated heterocycles. The van der Waals surface area contributed by atoms with Gasteiger partial charge in [-0.15, -0.1) is 0 Å². The van der Waals surface area contributed by atoms with Gasteiger partial charge in [0.2, 0.25) is 0 Å². The highest BCUT2D eigenvalue weighted by Crippen LogP contribution is 2.17. The Balaban J connectivity index is 0. The van der Waals surface area contributed by atoms with Gasteiger partial charge in [0.05, 0.1) is 13.2 Å². The van der Waals surface area contributed by atoms with Gasteiger partial charge in [-0.2, -0.15) is 0 Å². The number of rotatable bonds is 55. The summed E-state index contributed by atoms with van der Waals surface area (Å²) in [5.41, 5.74) is 0. The van der Waals surface area contributed by atoms with Crippen LogP contribution in [0.1, 0.15) is 329 Å². The van der Waals surface area contributed by atoms with Crippen LogP contribution >= 0.6 is 0 Å². The van der Waals surface area contributed by atoms with Crippen LogP contribution < -0.4 is 0 Å². The normalized spacial score (nSPS) is 12.1. The van der Waals surface area contributed by atoms with E-state index in [-0.39, 0.29) is 44.3 Å². The molecule has 0 fully saturated rings. The van der Waals surface area contributed by atoms with Crippen LogP contribution in [0.15, 0.2) is 0 Å². The first-order chi connectivity index (χ1) is 33.8. The second kappa shape index (κ2) is 60.6. The summed E-state index contributed by atoms with van der Waals surface area (Å²) < 4.78 is 15.5. The van der Waals surface area contributed by atoms with Crippen molar-refractivity contribution in [3.8, 4) is 0 Å². The van der Waals surface area contributed by atoms with Gasteiger partial charge in [0.25, 0.3) is 0 Å². The third-order valence-electron chi connectivity index (χ3n) is 13.5. The van der Waals surface area contributed by atoms with E-state index in [0.29, 0.717) is 19.3 Å². The van der Waals surface area contributed by atoms with Gasteiger partial charge in [0, 0.05) is 19.3 Å². The van der Waals surface area contributed by atoms with Gasteiger partial charge >= 0.3 is 17.9 Å². The molecule has 0 radical (unpaired) electrons. The maximum atomic E-state index is 12.1. The van der Waals surface area contributed by atoms with Gasteiger partial charge in [-0.1, -0.05) is 290 Å². The quantitative estimate of drug-likeness (QED) is 0.0309. The van der Waals surface area contributed by atoms with Crippen molar-refractivity contribution >= 4 is 17.9 Å². The third-order valence-corrected chi connectivity index (χ3v) is 13.5. The second-order valence-corrected chi connectivity index (χ2v) is 20.6. The molecule has 2 atom stereocenters. The number of unbranched alkanes of at least 4 members (excludes halogenated alkanes) is 42. The highest BCUT2D eigenvalue weighted by molar-refractivity contribution is 5.70. The van der Waals surface area contributed by atoms with Crippen LogP contribution in [0.25, 0.3) is 0 Å². The Morgan fingerprint density at radius 2 is 0.522 bits per heavy atom. The van der Waals surface area contributed by atoms with Crippen molar-refractivity contribution in [1.82, 2.24) is 0 Å². The van der Waals surface area contributed by atoms with E-state index in [1.807, 2.05) is 0 Å². The Morgan fingerprint density at radius 1 is 0.304 bits per heavy atom. The first-order valence-electron chi connectivity index (χ1n) is 30.2. The van der Waals surface area contributed by atoms with Crippen LogP contribution in [0.3, 0.4) is 0 Å². The minimum Gasteiger partial charge on any atom is -0.463 e. The molecule has 0 spiro atoms. The Kier molecular flexibility index (Phi) is 60.9. The molecule has 0 amide bonds. The summed E-state index contributed by atoms with van der Waals surface area (Å²) >= 11 is 0. The molecule has 0 aliphatic heterocycles. The van der Waals surface area contributed by atoms with Crippen molar-refractivity contribution in [1.29, 1.82) is 0 Å². The lowest BCUT2D eigenvalue weighted by Gasteiger charge is -2.15. The van der Waals surface area contributed by atoms with E-state index in [2.05, 4.69) is 20.8 Å². The highest BCUT2D eigenvalue weighted by Gasteiger charge is 2.16. The molecule has 0 heterocycles.